The van der Waals surface area contributed by atoms with Gasteiger partial charge in [-0.15, -0.1) is 24.0 Å². The minimum Gasteiger partial charge on any atom is -0.361 e. The third kappa shape index (κ3) is 5.23. The highest BCUT2D eigenvalue weighted by Crippen LogP contribution is 2.22. The maximum absolute atomic E-state index is 8.98. The van der Waals surface area contributed by atoms with Crippen LogP contribution < -0.4 is 10.6 Å². The molecular formula is C21H24IN5. The van der Waals surface area contributed by atoms with Crippen LogP contribution in [0.4, 0.5) is 0 Å². The Balaban J connectivity index is 0.00000261. The summed E-state index contributed by atoms with van der Waals surface area (Å²) in [6.07, 6.45) is 3.00. The van der Waals surface area contributed by atoms with E-state index in [4.69, 9.17) is 5.26 Å². The predicted octanol–water partition coefficient (Wildman–Crippen LogP) is 3.87. The van der Waals surface area contributed by atoms with Crippen LogP contribution >= 0.6 is 24.0 Å². The van der Waals surface area contributed by atoms with Crippen LogP contribution in [0, 0.1) is 18.3 Å². The Morgan fingerprint density at radius 1 is 1.19 bits per heavy atom. The van der Waals surface area contributed by atoms with Crippen LogP contribution in [0.3, 0.4) is 0 Å². The molecule has 0 aliphatic rings. The van der Waals surface area contributed by atoms with Gasteiger partial charge in [0.2, 0.25) is 0 Å². The van der Waals surface area contributed by atoms with E-state index in [9.17, 15) is 0 Å². The van der Waals surface area contributed by atoms with Crippen molar-refractivity contribution in [2.45, 2.75) is 19.9 Å². The van der Waals surface area contributed by atoms with Gasteiger partial charge < -0.3 is 15.6 Å². The van der Waals surface area contributed by atoms with Gasteiger partial charge in [0.15, 0.2) is 5.96 Å². The number of guanidine groups is 1. The molecular weight excluding hydrogens is 449 g/mol. The van der Waals surface area contributed by atoms with E-state index in [-0.39, 0.29) is 24.0 Å². The molecule has 0 radical (unpaired) electrons. The lowest BCUT2D eigenvalue weighted by atomic mass is 10.1. The predicted molar refractivity (Wildman–Crippen MR) is 122 cm³/mol. The van der Waals surface area contributed by atoms with Crippen molar-refractivity contribution in [3.05, 3.63) is 70.9 Å². The first-order valence-corrected chi connectivity index (χ1v) is 8.70. The largest absolute Gasteiger partial charge is 0.361 e. The molecule has 6 heteroatoms. The first-order valence-electron chi connectivity index (χ1n) is 8.70. The number of nitrogens with one attached hydrogen (secondary N) is 3. The van der Waals surface area contributed by atoms with Crippen LogP contribution in [0.15, 0.2) is 53.7 Å². The number of aromatic nitrogens is 1. The number of H-pyrrole nitrogens is 1. The highest BCUT2D eigenvalue weighted by atomic mass is 127. The molecule has 0 aliphatic heterocycles. The second kappa shape index (κ2) is 9.97. The molecule has 3 N–H and O–H groups in total. The normalized spacial score (nSPS) is 10.9. The van der Waals surface area contributed by atoms with Gasteiger partial charge in [-0.05, 0) is 48.2 Å². The minimum atomic E-state index is 0. The second-order valence-electron chi connectivity index (χ2n) is 6.23. The number of halogens is 1. The third-order valence-electron chi connectivity index (χ3n) is 4.42. The zero-order chi connectivity index (χ0) is 18.4. The molecule has 0 unspecified atom stereocenters. The van der Waals surface area contributed by atoms with Crippen LogP contribution in [0.5, 0.6) is 0 Å². The molecule has 0 atom stereocenters. The number of aliphatic imine (C=N–C) groups is 1. The van der Waals surface area contributed by atoms with E-state index < -0.39 is 0 Å². The number of rotatable bonds is 5. The Morgan fingerprint density at radius 3 is 2.78 bits per heavy atom. The van der Waals surface area contributed by atoms with Gasteiger partial charge in [-0.25, -0.2) is 0 Å². The molecule has 0 aliphatic carbocycles. The smallest absolute Gasteiger partial charge is 0.191 e. The van der Waals surface area contributed by atoms with Gasteiger partial charge in [0.05, 0.1) is 11.6 Å². The molecule has 0 bridgehead atoms. The van der Waals surface area contributed by atoms with Gasteiger partial charge in [-0.3, -0.25) is 4.99 Å². The number of nitrogens with zero attached hydrogens (tertiary/aromatic N) is 2. The molecule has 140 valence electrons. The number of hydrogen-bond acceptors (Lipinski definition) is 2. The summed E-state index contributed by atoms with van der Waals surface area (Å²) >= 11 is 0. The van der Waals surface area contributed by atoms with Crippen molar-refractivity contribution in [1.29, 1.82) is 5.26 Å². The average molecular weight is 473 g/mol. The number of aryl methyl sites for hydroxylation is 1. The van der Waals surface area contributed by atoms with Crippen molar-refractivity contribution in [1.82, 2.24) is 15.6 Å². The molecule has 0 saturated heterocycles. The molecule has 0 saturated carbocycles. The van der Waals surface area contributed by atoms with E-state index >= 15 is 0 Å². The van der Waals surface area contributed by atoms with Crippen molar-refractivity contribution in [2.24, 2.45) is 4.99 Å². The van der Waals surface area contributed by atoms with Crippen molar-refractivity contribution >= 4 is 40.8 Å². The Morgan fingerprint density at radius 2 is 2.00 bits per heavy atom. The molecule has 1 aromatic heterocycles. The number of nitriles is 1. The highest BCUT2D eigenvalue weighted by molar-refractivity contribution is 14.0. The van der Waals surface area contributed by atoms with E-state index in [0.29, 0.717) is 12.1 Å². The summed E-state index contributed by atoms with van der Waals surface area (Å²) in [4.78, 5) is 7.60. The summed E-state index contributed by atoms with van der Waals surface area (Å²) in [6, 6.07) is 16.1. The fourth-order valence-electron chi connectivity index (χ4n) is 3.12. The van der Waals surface area contributed by atoms with E-state index in [2.05, 4.69) is 58.0 Å². The van der Waals surface area contributed by atoms with Crippen molar-refractivity contribution in [3.63, 3.8) is 0 Å². The molecule has 5 nitrogen and oxygen atoms in total. The Hall–Kier alpha value is -2.53. The van der Waals surface area contributed by atoms with Gasteiger partial charge in [-0.2, -0.15) is 5.26 Å². The van der Waals surface area contributed by atoms with E-state index in [1.165, 1.54) is 22.0 Å². The molecule has 0 fully saturated rings. The van der Waals surface area contributed by atoms with Gasteiger partial charge in [0.25, 0.3) is 0 Å². The molecule has 0 spiro atoms. The number of fused-ring (bicyclic) bond motifs is 1. The molecule has 2 aromatic carbocycles. The molecule has 27 heavy (non-hydrogen) atoms. The summed E-state index contributed by atoms with van der Waals surface area (Å²) in [5.74, 6) is 0.754. The van der Waals surface area contributed by atoms with Crippen LogP contribution in [-0.2, 0) is 13.0 Å². The van der Waals surface area contributed by atoms with Crippen molar-refractivity contribution in [2.75, 3.05) is 13.6 Å². The maximum Gasteiger partial charge on any atom is 0.191 e. The summed E-state index contributed by atoms with van der Waals surface area (Å²) in [6.45, 7) is 3.56. The van der Waals surface area contributed by atoms with Crippen molar-refractivity contribution < 1.29 is 0 Å². The SMILES string of the molecule is CN=C(NCCc1c[nH]c2cccc(C)c12)NCc1cccc(C#N)c1.I. The molecule has 0 amide bonds. The van der Waals surface area contributed by atoms with Crippen LogP contribution in [0.1, 0.15) is 22.3 Å². The summed E-state index contributed by atoms with van der Waals surface area (Å²) in [5.41, 5.74) is 5.50. The maximum atomic E-state index is 8.98. The standard InChI is InChI=1S/C21H23N5.HI/c1-15-5-3-8-19-20(15)18(14-25-19)9-10-24-21(23-2)26-13-17-7-4-6-16(11-17)12-22;/h3-8,11,14,25H,9-10,13H2,1-2H3,(H2,23,24,26);1H. The summed E-state index contributed by atoms with van der Waals surface area (Å²) < 4.78 is 0. The number of hydrogen-bond donors (Lipinski definition) is 3. The quantitative estimate of drug-likeness (QED) is 0.299. The van der Waals surface area contributed by atoms with Crippen LogP contribution in [-0.4, -0.2) is 24.5 Å². The van der Waals surface area contributed by atoms with Crippen LogP contribution in [0.2, 0.25) is 0 Å². The average Bonchev–Trinajstić information content (AvgIpc) is 3.09. The van der Waals surface area contributed by atoms with Gasteiger partial charge in [0.1, 0.15) is 0 Å². The lowest BCUT2D eigenvalue weighted by Crippen LogP contribution is -2.37. The minimum absolute atomic E-state index is 0. The van der Waals surface area contributed by atoms with E-state index in [0.717, 1.165) is 24.5 Å². The number of aromatic amines is 1. The molecule has 3 aromatic rings. The lowest BCUT2D eigenvalue weighted by molar-refractivity contribution is 0.796. The summed E-state index contributed by atoms with van der Waals surface area (Å²) in [5, 5.41) is 16.9. The Kier molecular flexibility index (Phi) is 7.67. The first-order chi connectivity index (χ1) is 12.7. The number of benzene rings is 2. The fourth-order valence-corrected chi connectivity index (χ4v) is 3.12. The van der Waals surface area contributed by atoms with Crippen LogP contribution in [0.25, 0.3) is 10.9 Å². The van der Waals surface area contributed by atoms with Gasteiger partial charge in [-0.1, -0.05) is 24.3 Å². The lowest BCUT2D eigenvalue weighted by Gasteiger charge is -2.12. The summed E-state index contributed by atoms with van der Waals surface area (Å²) in [7, 11) is 1.76. The molecule has 1 heterocycles. The Labute approximate surface area is 176 Å². The second-order valence-corrected chi connectivity index (χ2v) is 6.23. The third-order valence-corrected chi connectivity index (χ3v) is 4.42. The van der Waals surface area contributed by atoms with Crippen molar-refractivity contribution in [3.8, 4) is 6.07 Å². The van der Waals surface area contributed by atoms with E-state index in [1.807, 2.05) is 18.2 Å². The highest BCUT2D eigenvalue weighted by Gasteiger charge is 2.06. The Bertz CT molecular complexity index is 968. The zero-order valence-corrected chi connectivity index (χ0v) is 17.9. The van der Waals surface area contributed by atoms with Gasteiger partial charge >= 0.3 is 0 Å². The van der Waals surface area contributed by atoms with E-state index in [1.54, 1.807) is 13.1 Å². The van der Waals surface area contributed by atoms with Gasteiger partial charge in [0, 0.05) is 37.2 Å². The zero-order valence-electron chi connectivity index (χ0n) is 15.5. The monoisotopic (exact) mass is 473 g/mol. The molecule has 3 rings (SSSR count). The fraction of sp³-hybridized carbons (Fsp3) is 0.238. The first kappa shape index (κ1) is 20.8. The topological polar surface area (TPSA) is 76.0 Å².